The molecule has 0 atom stereocenters. The Morgan fingerprint density at radius 1 is 1.11 bits per heavy atom. The minimum Gasteiger partial charge on any atom is -0.457 e. The number of anilines is 1. The van der Waals surface area contributed by atoms with E-state index < -0.39 is 13.2 Å². The number of rotatable bonds is 8. The summed E-state index contributed by atoms with van der Waals surface area (Å²) in [6, 6.07) is 12.4. The van der Waals surface area contributed by atoms with E-state index in [1.165, 1.54) is 20.3 Å². The summed E-state index contributed by atoms with van der Waals surface area (Å²) in [5, 5.41) is 13.9. The molecule has 0 aromatic heterocycles. The molecule has 10 heteroatoms. The van der Waals surface area contributed by atoms with Gasteiger partial charge in [0.15, 0.2) is 0 Å². The highest BCUT2D eigenvalue weighted by Crippen LogP contribution is 2.31. The summed E-state index contributed by atoms with van der Waals surface area (Å²) < 4.78 is 24.0. The second-order valence-electron chi connectivity index (χ2n) is 4.83. The molecule has 146 valence electrons. The SMILES string of the molecule is CCNc1cc(Oc2ccc(SC)cc2)ccc1[N+](=O)[O-].CO[P+](=O)OC. The van der Waals surface area contributed by atoms with Crippen molar-refractivity contribution in [2.45, 2.75) is 11.8 Å². The molecule has 2 rings (SSSR count). The Balaban J connectivity index is 0.000000527. The van der Waals surface area contributed by atoms with Crippen molar-refractivity contribution in [3.63, 3.8) is 0 Å². The van der Waals surface area contributed by atoms with Crippen molar-refractivity contribution in [2.24, 2.45) is 0 Å². The lowest BCUT2D eigenvalue weighted by Crippen LogP contribution is -2.01. The summed E-state index contributed by atoms with van der Waals surface area (Å²) in [4.78, 5) is 11.7. The maximum Gasteiger partial charge on any atom is 0.696 e. The number of hydrogen-bond donors (Lipinski definition) is 1. The Labute approximate surface area is 163 Å². The second kappa shape index (κ2) is 12.2. The smallest absolute Gasteiger partial charge is 0.457 e. The minimum absolute atomic E-state index is 0.0435. The number of nitro groups is 1. The first-order valence-corrected chi connectivity index (χ1v) is 10.2. The van der Waals surface area contributed by atoms with Crippen molar-refractivity contribution >= 4 is 31.4 Å². The van der Waals surface area contributed by atoms with Gasteiger partial charge in [0.25, 0.3) is 5.69 Å². The topological polar surface area (TPSA) is 99.9 Å². The molecule has 0 aliphatic rings. The van der Waals surface area contributed by atoms with Crippen LogP contribution in [0.1, 0.15) is 6.92 Å². The number of thioether (sulfide) groups is 1. The van der Waals surface area contributed by atoms with Gasteiger partial charge >= 0.3 is 8.25 Å². The lowest BCUT2D eigenvalue weighted by molar-refractivity contribution is -0.384. The molecule has 2 aromatic rings. The Bertz CT molecular complexity index is 752. The van der Waals surface area contributed by atoms with Gasteiger partial charge in [-0.15, -0.1) is 20.8 Å². The van der Waals surface area contributed by atoms with Crippen LogP contribution in [0.3, 0.4) is 0 Å². The van der Waals surface area contributed by atoms with Gasteiger partial charge in [-0.05, 0) is 43.5 Å². The molecule has 0 aliphatic carbocycles. The van der Waals surface area contributed by atoms with Crippen LogP contribution >= 0.6 is 20.0 Å². The van der Waals surface area contributed by atoms with E-state index in [9.17, 15) is 14.7 Å². The van der Waals surface area contributed by atoms with E-state index in [0.29, 0.717) is 23.7 Å². The van der Waals surface area contributed by atoms with Crippen molar-refractivity contribution < 1.29 is 23.3 Å². The average molecular weight is 413 g/mol. The molecule has 0 radical (unpaired) electrons. The average Bonchev–Trinajstić information content (AvgIpc) is 2.68. The van der Waals surface area contributed by atoms with Gasteiger partial charge in [0, 0.05) is 28.1 Å². The summed E-state index contributed by atoms with van der Waals surface area (Å²) in [6.45, 7) is 2.49. The van der Waals surface area contributed by atoms with Gasteiger partial charge in [-0.25, -0.2) is 0 Å². The van der Waals surface area contributed by atoms with Crippen LogP contribution in [0.25, 0.3) is 0 Å². The minimum atomic E-state index is -1.83. The van der Waals surface area contributed by atoms with Gasteiger partial charge in [-0.2, -0.15) is 0 Å². The van der Waals surface area contributed by atoms with E-state index in [4.69, 9.17) is 4.74 Å². The van der Waals surface area contributed by atoms with E-state index in [2.05, 4.69) is 14.4 Å². The molecule has 0 fully saturated rings. The fourth-order valence-electron chi connectivity index (χ4n) is 1.92. The number of nitrogens with one attached hydrogen (secondary N) is 1. The predicted molar refractivity (Wildman–Crippen MR) is 107 cm³/mol. The molecule has 0 saturated heterocycles. The third kappa shape index (κ3) is 7.92. The standard InChI is InChI=1S/C15H16N2O3S.C2H6O3P/c1-3-16-14-10-12(6-9-15(14)17(18)19)20-11-4-7-13(21-2)8-5-11;1-4-6(3)5-2/h4-10,16H,3H2,1-2H3;1-2H3/q;+1. The third-order valence-electron chi connectivity index (χ3n) is 3.13. The summed E-state index contributed by atoms with van der Waals surface area (Å²) >= 11 is 1.66. The van der Waals surface area contributed by atoms with Crippen LogP contribution in [0, 0.1) is 10.1 Å². The van der Waals surface area contributed by atoms with Crippen molar-refractivity contribution in [2.75, 3.05) is 32.3 Å². The van der Waals surface area contributed by atoms with Crippen LogP contribution in [-0.4, -0.2) is 31.9 Å². The summed E-state index contributed by atoms with van der Waals surface area (Å²) in [6.07, 6.45) is 2.01. The lowest BCUT2D eigenvalue weighted by Gasteiger charge is -2.09. The molecule has 1 N–H and O–H groups in total. The molecule has 0 unspecified atom stereocenters. The maximum atomic E-state index is 11.0. The Morgan fingerprint density at radius 2 is 1.70 bits per heavy atom. The van der Waals surface area contributed by atoms with Crippen LogP contribution in [0.4, 0.5) is 11.4 Å². The van der Waals surface area contributed by atoms with Crippen molar-refractivity contribution in [1.29, 1.82) is 0 Å². The number of hydrogen-bond acceptors (Lipinski definition) is 8. The number of nitro benzene ring substituents is 1. The number of ether oxygens (including phenoxy) is 1. The Hall–Kier alpha value is -2.19. The molecule has 8 nitrogen and oxygen atoms in total. The number of nitrogens with zero attached hydrogens (tertiary/aromatic N) is 1. The summed E-state index contributed by atoms with van der Waals surface area (Å²) in [5.41, 5.74) is 0.502. The predicted octanol–water partition coefficient (Wildman–Crippen LogP) is 5.48. The first-order valence-electron chi connectivity index (χ1n) is 7.84. The molecule has 0 aliphatic heterocycles. The van der Waals surface area contributed by atoms with Gasteiger partial charge in [0.05, 0.1) is 19.1 Å². The van der Waals surface area contributed by atoms with Crippen molar-refractivity contribution in [1.82, 2.24) is 0 Å². The number of benzene rings is 2. The van der Waals surface area contributed by atoms with Crippen molar-refractivity contribution in [3.05, 3.63) is 52.6 Å². The van der Waals surface area contributed by atoms with Gasteiger partial charge in [0.1, 0.15) is 17.2 Å². The summed E-state index contributed by atoms with van der Waals surface area (Å²) in [7, 11) is 0.817. The van der Waals surface area contributed by atoms with Gasteiger partial charge in [-0.1, -0.05) is 0 Å². The molecule has 0 saturated carbocycles. The first kappa shape index (κ1) is 22.9. The molecule has 2 aromatic carbocycles. The molecule has 0 heterocycles. The fraction of sp³-hybridized carbons (Fsp3) is 0.294. The van der Waals surface area contributed by atoms with Gasteiger partial charge < -0.3 is 10.1 Å². The molecule has 0 bridgehead atoms. The fourth-order valence-corrected chi connectivity index (χ4v) is 2.48. The van der Waals surface area contributed by atoms with Crippen LogP contribution in [-0.2, 0) is 13.6 Å². The van der Waals surface area contributed by atoms with Crippen LogP contribution < -0.4 is 10.1 Å². The zero-order valence-electron chi connectivity index (χ0n) is 15.5. The maximum absolute atomic E-state index is 11.0. The van der Waals surface area contributed by atoms with Crippen LogP contribution in [0.2, 0.25) is 0 Å². The molecule has 27 heavy (non-hydrogen) atoms. The molecular weight excluding hydrogens is 391 g/mol. The molecule has 0 amide bonds. The van der Waals surface area contributed by atoms with Gasteiger partial charge in [0.2, 0.25) is 0 Å². The highest BCUT2D eigenvalue weighted by molar-refractivity contribution is 7.98. The zero-order chi connectivity index (χ0) is 20.2. The molecular formula is C17H22N2O6PS+. The first-order chi connectivity index (χ1) is 12.9. The highest BCUT2D eigenvalue weighted by Gasteiger charge is 2.14. The summed E-state index contributed by atoms with van der Waals surface area (Å²) in [5.74, 6) is 1.26. The monoisotopic (exact) mass is 413 g/mol. The van der Waals surface area contributed by atoms with E-state index in [-0.39, 0.29) is 5.69 Å². The Morgan fingerprint density at radius 3 is 2.15 bits per heavy atom. The normalized spacial score (nSPS) is 9.78. The highest BCUT2D eigenvalue weighted by atomic mass is 32.2. The van der Waals surface area contributed by atoms with E-state index >= 15 is 0 Å². The van der Waals surface area contributed by atoms with Gasteiger partial charge in [-0.3, -0.25) is 10.1 Å². The van der Waals surface area contributed by atoms with E-state index in [1.54, 1.807) is 23.9 Å². The van der Waals surface area contributed by atoms with E-state index in [0.717, 1.165) is 4.90 Å². The zero-order valence-corrected chi connectivity index (χ0v) is 17.2. The Kier molecular flexibility index (Phi) is 10.4. The van der Waals surface area contributed by atoms with Crippen molar-refractivity contribution in [3.8, 4) is 11.5 Å². The lowest BCUT2D eigenvalue weighted by atomic mass is 10.2. The quantitative estimate of drug-likeness (QED) is 0.263. The van der Waals surface area contributed by atoms with E-state index in [1.807, 2.05) is 37.4 Å². The largest absolute Gasteiger partial charge is 0.696 e. The second-order valence-corrected chi connectivity index (χ2v) is 6.89. The molecule has 0 spiro atoms. The van der Waals surface area contributed by atoms with Crippen LogP contribution in [0.5, 0.6) is 11.5 Å². The van der Waals surface area contributed by atoms with Crippen LogP contribution in [0.15, 0.2) is 47.4 Å². The third-order valence-corrected chi connectivity index (χ3v) is 4.47.